The molecule has 1 saturated carbocycles. The lowest BCUT2D eigenvalue weighted by atomic mass is 10.1. The van der Waals surface area contributed by atoms with Crippen molar-refractivity contribution in [1.29, 1.82) is 0 Å². The van der Waals surface area contributed by atoms with E-state index in [0.717, 1.165) is 29.9 Å². The highest BCUT2D eigenvalue weighted by atomic mass is 32.2. The second-order valence-corrected chi connectivity index (χ2v) is 11.1. The predicted molar refractivity (Wildman–Crippen MR) is 117 cm³/mol. The van der Waals surface area contributed by atoms with Crippen LogP contribution in [-0.2, 0) is 24.6 Å². The van der Waals surface area contributed by atoms with Crippen LogP contribution in [0.2, 0.25) is 0 Å². The number of aromatic amines is 1. The summed E-state index contributed by atoms with van der Waals surface area (Å²) in [7, 11) is -4.20. The molecule has 4 heterocycles. The van der Waals surface area contributed by atoms with Gasteiger partial charge < -0.3 is 9.88 Å². The van der Waals surface area contributed by atoms with Crippen LogP contribution in [0, 0.1) is 5.92 Å². The van der Waals surface area contributed by atoms with E-state index < -0.39 is 34.1 Å². The zero-order chi connectivity index (χ0) is 22.7. The molecule has 1 N–H and O–H groups in total. The number of fused-ring (bicyclic) bond motifs is 1. The van der Waals surface area contributed by atoms with Gasteiger partial charge in [-0.05, 0) is 18.9 Å². The second kappa shape index (κ2) is 7.52. The van der Waals surface area contributed by atoms with Gasteiger partial charge in [0.25, 0.3) is 0 Å². The normalized spacial score (nSPS) is 23.3. The molecule has 0 radical (unpaired) electrons. The molecule has 5 rings (SSSR count). The van der Waals surface area contributed by atoms with Crippen LogP contribution in [0.4, 0.5) is 5.82 Å². The summed E-state index contributed by atoms with van der Waals surface area (Å²) < 4.78 is 29.2. The Morgan fingerprint density at radius 1 is 1.31 bits per heavy atom. The maximum absolute atomic E-state index is 13.6. The van der Waals surface area contributed by atoms with Crippen LogP contribution in [0.15, 0.2) is 18.6 Å². The maximum atomic E-state index is 13.6. The summed E-state index contributed by atoms with van der Waals surface area (Å²) in [4.78, 5) is 50.2. The SMILES string of the molecule is CC(=O)N(CC1C(=O)CSC1=O)S(=O)(=O)N1CCN(c2ncnc3[nH]ccc23)CC12CC2. The highest BCUT2D eigenvalue weighted by Crippen LogP contribution is 2.47. The zero-order valence-corrected chi connectivity index (χ0v) is 19.0. The first kappa shape index (κ1) is 21.3. The van der Waals surface area contributed by atoms with E-state index in [-0.39, 0.29) is 23.2 Å². The van der Waals surface area contributed by atoms with Gasteiger partial charge in [-0.3, -0.25) is 14.4 Å². The van der Waals surface area contributed by atoms with Crippen molar-refractivity contribution in [3.05, 3.63) is 18.6 Å². The Kier molecular flexibility index (Phi) is 5.02. The van der Waals surface area contributed by atoms with E-state index in [9.17, 15) is 22.8 Å². The van der Waals surface area contributed by atoms with Gasteiger partial charge in [0.15, 0.2) is 5.78 Å². The molecule has 1 atom stereocenters. The topological polar surface area (TPSA) is 137 Å². The Hall–Kier alpha value is -2.51. The van der Waals surface area contributed by atoms with Crippen LogP contribution in [0.1, 0.15) is 19.8 Å². The van der Waals surface area contributed by atoms with Crippen LogP contribution < -0.4 is 4.90 Å². The molecule has 0 aromatic carbocycles. The minimum atomic E-state index is -4.20. The Morgan fingerprint density at radius 3 is 2.75 bits per heavy atom. The van der Waals surface area contributed by atoms with Crippen LogP contribution in [0.3, 0.4) is 0 Å². The van der Waals surface area contributed by atoms with Gasteiger partial charge in [-0.2, -0.15) is 12.7 Å². The average Bonchev–Trinajstić information content (AvgIpc) is 3.18. The molecule has 2 aromatic rings. The fraction of sp³-hybridized carbons (Fsp3) is 0.526. The van der Waals surface area contributed by atoms with Crippen LogP contribution in [0.25, 0.3) is 11.0 Å². The maximum Gasteiger partial charge on any atom is 0.306 e. The van der Waals surface area contributed by atoms with Crippen molar-refractivity contribution in [2.45, 2.75) is 25.3 Å². The summed E-state index contributed by atoms with van der Waals surface area (Å²) in [5.41, 5.74) is 0.0676. The van der Waals surface area contributed by atoms with Gasteiger partial charge in [0.2, 0.25) is 11.0 Å². The first-order valence-electron chi connectivity index (χ1n) is 10.3. The smallest absolute Gasteiger partial charge is 0.306 e. The number of rotatable bonds is 5. The number of nitrogens with one attached hydrogen (secondary N) is 1. The molecular weight excluding hydrogens is 456 g/mol. The third kappa shape index (κ3) is 3.39. The van der Waals surface area contributed by atoms with E-state index in [1.165, 1.54) is 10.6 Å². The quantitative estimate of drug-likeness (QED) is 0.596. The number of hydrogen-bond donors (Lipinski definition) is 1. The van der Waals surface area contributed by atoms with Crippen molar-refractivity contribution in [2.75, 3.05) is 36.8 Å². The molecule has 13 heteroatoms. The van der Waals surface area contributed by atoms with Gasteiger partial charge in [0.05, 0.1) is 23.2 Å². The Balaban J connectivity index is 1.41. The molecule has 170 valence electrons. The van der Waals surface area contributed by atoms with Crippen LogP contribution >= 0.6 is 11.8 Å². The van der Waals surface area contributed by atoms with Crippen LogP contribution in [-0.4, -0.2) is 86.3 Å². The highest BCUT2D eigenvalue weighted by molar-refractivity contribution is 8.15. The molecule has 3 aliphatic rings. The lowest BCUT2D eigenvalue weighted by Gasteiger charge is -2.43. The zero-order valence-electron chi connectivity index (χ0n) is 17.4. The summed E-state index contributed by atoms with van der Waals surface area (Å²) in [6, 6.07) is 1.89. The number of piperazine rings is 1. The monoisotopic (exact) mass is 478 g/mol. The number of aromatic nitrogens is 3. The number of Topliss-reactive ketones (excluding diaryl/α,β-unsaturated/α-hetero) is 1. The number of hydrogen-bond acceptors (Lipinski definition) is 9. The number of thioether (sulfide) groups is 1. The summed E-state index contributed by atoms with van der Waals surface area (Å²) in [5, 5.41) is 0.474. The molecule has 11 nitrogen and oxygen atoms in total. The first-order chi connectivity index (χ1) is 15.2. The molecule has 2 aromatic heterocycles. The number of carbonyl (C=O) groups excluding carboxylic acids is 3. The number of ketones is 1. The summed E-state index contributed by atoms with van der Waals surface area (Å²) in [5.74, 6) is -1.39. The minimum Gasteiger partial charge on any atom is -0.353 e. The van der Waals surface area contributed by atoms with Crippen molar-refractivity contribution in [1.82, 2.24) is 23.6 Å². The Labute approximate surface area is 188 Å². The van der Waals surface area contributed by atoms with Crippen molar-refractivity contribution in [3.63, 3.8) is 0 Å². The minimum absolute atomic E-state index is 0.0183. The van der Waals surface area contributed by atoms with E-state index in [1.807, 2.05) is 6.07 Å². The summed E-state index contributed by atoms with van der Waals surface area (Å²) in [6.07, 6.45) is 4.58. The highest BCUT2D eigenvalue weighted by Gasteiger charge is 2.58. The van der Waals surface area contributed by atoms with E-state index in [4.69, 9.17) is 0 Å². The van der Waals surface area contributed by atoms with Crippen molar-refractivity contribution in [3.8, 4) is 0 Å². The lowest BCUT2D eigenvalue weighted by molar-refractivity contribution is -0.128. The van der Waals surface area contributed by atoms with Gasteiger partial charge in [-0.15, -0.1) is 0 Å². The molecule has 3 fully saturated rings. The fourth-order valence-electron chi connectivity index (χ4n) is 4.49. The van der Waals surface area contributed by atoms with Gasteiger partial charge >= 0.3 is 10.2 Å². The molecule has 32 heavy (non-hydrogen) atoms. The number of nitrogens with zero attached hydrogens (tertiary/aromatic N) is 5. The second-order valence-electron chi connectivity index (χ2n) is 8.34. The number of H-pyrrole nitrogens is 1. The molecule has 1 amide bonds. The lowest BCUT2D eigenvalue weighted by Crippen LogP contribution is -2.61. The van der Waals surface area contributed by atoms with Gasteiger partial charge in [0, 0.05) is 32.8 Å². The summed E-state index contributed by atoms with van der Waals surface area (Å²) >= 11 is 0.869. The molecule has 1 aliphatic carbocycles. The van der Waals surface area contributed by atoms with E-state index in [1.54, 1.807) is 6.20 Å². The Bertz CT molecular complexity index is 1210. The molecule has 0 bridgehead atoms. The number of anilines is 1. The van der Waals surface area contributed by atoms with Crippen LogP contribution in [0.5, 0.6) is 0 Å². The predicted octanol–water partition coefficient (Wildman–Crippen LogP) is 0.165. The molecular formula is C19H22N6O5S2. The molecule has 1 spiro atoms. The van der Waals surface area contributed by atoms with Crippen molar-refractivity contribution < 1.29 is 22.8 Å². The van der Waals surface area contributed by atoms with Crippen molar-refractivity contribution in [2.24, 2.45) is 5.92 Å². The standard InChI is InChI=1S/C19H22N6O5S2/c1-12(26)24(8-14-15(27)9-31-18(14)28)32(29,30)25-7-6-23(10-19(25)3-4-19)17-13-2-5-20-16(13)21-11-22-17/h2,5,11,14H,3-4,6-10H2,1H3,(H,20,21,22). The third-order valence-electron chi connectivity index (χ3n) is 6.33. The fourth-order valence-corrected chi connectivity index (χ4v) is 7.32. The number of carbonyl (C=O) groups is 3. The third-order valence-corrected chi connectivity index (χ3v) is 9.42. The number of amides is 1. The van der Waals surface area contributed by atoms with E-state index in [2.05, 4.69) is 19.9 Å². The Morgan fingerprint density at radius 2 is 2.09 bits per heavy atom. The van der Waals surface area contributed by atoms with Gasteiger partial charge in [0.1, 0.15) is 23.7 Å². The van der Waals surface area contributed by atoms with E-state index in [0.29, 0.717) is 35.9 Å². The first-order valence-corrected chi connectivity index (χ1v) is 12.6. The van der Waals surface area contributed by atoms with Crippen molar-refractivity contribution >= 4 is 55.6 Å². The average molecular weight is 479 g/mol. The molecule has 2 aliphatic heterocycles. The molecule has 2 saturated heterocycles. The largest absolute Gasteiger partial charge is 0.353 e. The molecule has 1 unspecified atom stereocenters. The summed E-state index contributed by atoms with van der Waals surface area (Å²) in [6.45, 7) is 1.71. The van der Waals surface area contributed by atoms with E-state index >= 15 is 0 Å². The van der Waals surface area contributed by atoms with Gasteiger partial charge in [-0.1, -0.05) is 11.8 Å². The van der Waals surface area contributed by atoms with Gasteiger partial charge in [-0.25, -0.2) is 14.3 Å².